The third-order valence-corrected chi connectivity index (χ3v) is 6.69. The van der Waals surface area contributed by atoms with Crippen molar-refractivity contribution < 1.29 is 14.3 Å². The van der Waals surface area contributed by atoms with Crippen LogP contribution in [0.3, 0.4) is 0 Å². The van der Waals surface area contributed by atoms with Crippen molar-refractivity contribution in [2.45, 2.75) is 11.4 Å². The summed E-state index contributed by atoms with van der Waals surface area (Å²) >= 11 is 3.03. The van der Waals surface area contributed by atoms with Gasteiger partial charge in [-0.15, -0.1) is 11.8 Å². The predicted octanol–water partition coefficient (Wildman–Crippen LogP) is 5.88. The molecule has 1 aromatic heterocycles. The number of nitrogens with zero attached hydrogens (tertiary/aromatic N) is 2. The summed E-state index contributed by atoms with van der Waals surface area (Å²) in [4.78, 5) is 21.2. The SMILES string of the molecule is COc1ccc(OC)c2sc(N(Cc3ccccc3)C(=O)c3cccc(SC)c3)nc12. The second-order valence-electron chi connectivity index (χ2n) is 6.75. The molecule has 3 aromatic carbocycles. The Hall–Kier alpha value is -3.03. The molecule has 0 saturated carbocycles. The molecule has 0 aliphatic carbocycles. The normalized spacial score (nSPS) is 10.8. The molecule has 0 unspecified atom stereocenters. The van der Waals surface area contributed by atoms with Crippen LogP contribution in [0.25, 0.3) is 10.2 Å². The number of ether oxygens (including phenoxy) is 2. The Morgan fingerprint density at radius 3 is 2.45 bits per heavy atom. The van der Waals surface area contributed by atoms with E-state index in [1.807, 2.05) is 73.0 Å². The van der Waals surface area contributed by atoms with Crippen molar-refractivity contribution >= 4 is 44.4 Å². The van der Waals surface area contributed by atoms with Gasteiger partial charge in [-0.2, -0.15) is 0 Å². The Morgan fingerprint density at radius 2 is 1.74 bits per heavy atom. The molecular weight excluding hydrogens is 428 g/mol. The maximum Gasteiger partial charge on any atom is 0.260 e. The first-order chi connectivity index (χ1) is 15.1. The van der Waals surface area contributed by atoms with Crippen LogP contribution >= 0.6 is 23.1 Å². The molecule has 0 aliphatic heterocycles. The van der Waals surface area contributed by atoms with E-state index in [4.69, 9.17) is 14.5 Å². The van der Waals surface area contributed by atoms with Crippen molar-refractivity contribution in [1.82, 2.24) is 4.98 Å². The van der Waals surface area contributed by atoms with Crippen LogP contribution in [0, 0.1) is 0 Å². The van der Waals surface area contributed by atoms with Crippen molar-refractivity contribution in [1.29, 1.82) is 0 Å². The molecule has 4 aromatic rings. The van der Waals surface area contributed by atoms with Gasteiger partial charge in [-0.25, -0.2) is 4.98 Å². The van der Waals surface area contributed by atoms with Crippen LogP contribution in [-0.2, 0) is 6.54 Å². The van der Waals surface area contributed by atoms with Gasteiger partial charge in [0.25, 0.3) is 5.91 Å². The first-order valence-electron chi connectivity index (χ1n) is 9.66. The van der Waals surface area contributed by atoms with Crippen LogP contribution < -0.4 is 14.4 Å². The molecular formula is C24H22N2O3S2. The molecule has 158 valence electrons. The highest BCUT2D eigenvalue weighted by molar-refractivity contribution is 7.98. The lowest BCUT2D eigenvalue weighted by Gasteiger charge is -2.20. The first kappa shape index (κ1) is 21.2. The van der Waals surface area contributed by atoms with Crippen LogP contribution in [0.1, 0.15) is 15.9 Å². The lowest BCUT2D eigenvalue weighted by atomic mass is 10.1. The number of methoxy groups -OCH3 is 2. The van der Waals surface area contributed by atoms with Crippen LogP contribution in [0.2, 0.25) is 0 Å². The summed E-state index contributed by atoms with van der Waals surface area (Å²) in [7, 11) is 3.24. The van der Waals surface area contributed by atoms with E-state index in [0.29, 0.717) is 34.3 Å². The number of amides is 1. The Morgan fingerprint density at radius 1 is 1.00 bits per heavy atom. The zero-order valence-electron chi connectivity index (χ0n) is 17.5. The summed E-state index contributed by atoms with van der Waals surface area (Å²) in [5.74, 6) is 1.25. The summed E-state index contributed by atoms with van der Waals surface area (Å²) in [5, 5.41) is 0.598. The molecule has 4 rings (SSSR count). The fraction of sp³-hybridized carbons (Fsp3) is 0.167. The Kier molecular flexibility index (Phi) is 6.44. The number of thiazole rings is 1. The van der Waals surface area contributed by atoms with Gasteiger partial charge in [-0.1, -0.05) is 47.7 Å². The van der Waals surface area contributed by atoms with E-state index in [9.17, 15) is 4.79 Å². The molecule has 0 N–H and O–H groups in total. The van der Waals surface area contributed by atoms with Gasteiger partial charge >= 0.3 is 0 Å². The van der Waals surface area contributed by atoms with E-state index < -0.39 is 0 Å². The molecule has 5 nitrogen and oxygen atoms in total. The Labute approximate surface area is 189 Å². The Balaban J connectivity index is 1.83. The van der Waals surface area contributed by atoms with Crippen molar-refractivity contribution in [3.05, 3.63) is 77.9 Å². The van der Waals surface area contributed by atoms with Gasteiger partial charge in [0, 0.05) is 10.5 Å². The summed E-state index contributed by atoms with van der Waals surface area (Å²) in [6, 6.07) is 21.3. The van der Waals surface area contributed by atoms with Gasteiger partial charge < -0.3 is 9.47 Å². The number of thioether (sulfide) groups is 1. The van der Waals surface area contributed by atoms with Gasteiger partial charge in [0.05, 0.1) is 20.8 Å². The zero-order valence-corrected chi connectivity index (χ0v) is 19.1. The van der Waals surface area contributed by atoms with Crippen molar-refractivity contribution in [3.8, 4) is 11.5 Å². The second kappa shape index (κ2) is 9.41. The molecule has 1 amide bonds. The predicted molar refractivity (Wildman–Crippen MR) is 128 cm³/mol. The number of fused-ring (bicyclic) bond motifs is 1. The molecule has 0 aliphatic rings. The molecule has 0 bridgehead atoms. The van der Waals surface area contributed by atoms with Gasteiger partial charge in [0.15, 0.2) is 5.13 Å². The molecule has 7 heteroatoms. The fourth-order valence-electron chi connectivity index (χ4n) is 3.29. The average molecular weight is 451 g/mol. The summed E-state index contributed by atoms with van der Waals surface area (Å²) in [6.45, 7) is 0.410. The standard InChI is InChI=1S/C24H22N2O3S2/c1-28-19-12-13-20(29-2)22-21(19)25-24(31-22)26(15-16-8-5-4-6-9-16)23(27)17-10-7-11-18(14-17)30-3/h4-14H,15H2,1-3H3. The van der Waals surface area contributed by atoms with Gasteiger partial charge in [0.1, 0.15) is 21.7 Å². The van der Waals surface area contributed by atoms with Gasteiger partial charge in [-0.3, -0.25) is 9.69 Å². The number of benzene rings is 3. The van der Waals surface area contributed by atoms with Crippen molar-refractivity contribution in [3.63, 3.8) is 0 Å². The third-order valence-electron chi connectivity index (χ3n) is 4.88. The number of aromatic nitrogens is 1. The van der Waals surface area contributed by atoms with Crippen LogP contribution in [0.5, 0.6) is 11.5 Å². The lowest BCUT2D eigenvalue weighted by molar-refractivity contribution is 0.0985. The second-order valence-corrected chi connectivity index (χ2v) is 8.61. The van der Waals surface area contributed by atoms with E-state index in [1.54, 1.807) is 30.9 Å². The number of carbonyl (C=O) groups excluding carboxylic acids is 1. The highest BCUT2D eigenvalue weighted by atomic mass is 32.2. The highest BCUT2D eigenvalue weighted by Crippen LogP contribution is 2.40. The summed E-state index contributed by atoms with van der Waals surface area (Å²) < 4.78 is 11.9. The van der Waals surface area contributed by atoms with E-state index >= 15 is 0 Å². The highest BCUT2D eigenvalue weighted by Gasteiger charge is 2.24. The average Bonchev–Trinajstić information content (AvgIpc) is 3.27. The van der Waals surface area contributed by atoms with Gasteiger partial charge in [-0.05, 0) is 42.2 Å². The van der Waals surface area contributed by atoms with Gasteiger partial charge in [0.2, 0.25) is 0 Å². The molecule has 0 saturated heterocycles. The third kappa shape index (κ3) is 4.38. The largest absolute Gasteiger partial charge is 0.495 e. The maximum absolute atomic E-state index is 13.6. The number of carbonyl (C=O) groups is 1. The first-order valence-corrected chi connectivity index (χ1v) is 11.7. The minimum absolute atomic E-state index is 0.100. The lowest BCUT2D eigenvalue weighted by Crippen LogP contribution is -2.30. The number of hydrogen-bond acceptors (Lipinski definition) is 6. The minimum Gasteiger partial charge on any atom is -0.495 e. The molecule has 0 radical (unpaired) electrons. The summed E-state index contributed by atoms with van der Waals surface area (Å²) in [6.07, 6.45) is 2.00. The van der Waals surface area contributed by atoms with E-state index in [-0.39, 0.29) is 5.91 Å². The van der Waals surface area contributed by atoms with Crippen LogP contribution in [-0.4, -0.2) is 31.4 Å². The summed E-state index contributed by atoms with van der Waals surface area (Å²) in [5.41, 5.74) is 2.33. The van der Waals surface area contributed by atoms with E-state index in [0.717, 1.165) is 15.2 Å². The minimum atomic E-state index is -0.100. The topological polar surface area (TPSA) is 51.7 Å². The molecule has 0 atom stereocenters. The molecule has 1 heterocycles. The van der Waals surface area contributed by atoms with E-state index in [2.05, 4.69) is 0 Å². The van der Waals surface area contributed by atoms with Crippen molar-refractivity contribution in [2.75, 3.05) is 25.4 Å². The molecule has 0 spiro atoms. The van der Waals surface area contributed by atoms with E-state index in [1.165, 1.54) is 11.3 Å². The number of rotatable bonds is 7. The fourth-order valence-corrected chi connectivity index (χ4v) is 4.83. The van der Waals surface area contributed by atoms with Crippen LogP contribution in [0.15, 0.2) is 71.6 Å². The van der Waals surface area contributed by atoms with Crippen molar-refractivity contribution in [2.24, 2.45) is 0 Å². The monoisotopic (exact) mass is 450 g/mol. The molecule has 31 heavy (non-hydrogen) atoms. The zero-order chi connectivity index (χ0) is 21.8. The quantitative estimate of drug-likeness (QED) is 0.329. The molecule has 0 fully saturated rings. The number of anilines is 1. The Bertz CT molecular complexity index is 1170. The van der Waals surface area contributed by atoms with Crippen LogP contribution in [0.4, 0.5) is 5.13 Å². The maximum atomic E-state index is 13.6. The smallest absolute Gasteiger partial charge is 0.260 e. The number of hydrogen-bond donors (Lipinski definition) is 0.